The highest BCUT2D eigenvalue weighted by Crippen LogP contribution is 2.41. The molecule has 4 rings (SSSR count). The highest BCUT2D eigenvalue weighted by molar-refractivity contribution is 7.90. The molecule has 6 nitrogen and oxygen atoms in total. The minimum Gasteiger partial charge on any atom is -0.331 e. The summed E-state index contributed by atoms with van der Waals surface area (Å²) in [6.07, 6.45) is 3.64. The second-order valence-corrected chi connectivity index (χ2v) is 11.3. The third-order valence-corrected chi connectivity index (χ3v) is 8.03. The molecule has 1 atom stereocenters. The molecule has 1 aliphatic carbocycles. The lowest BCUT2D eigenvalue weighted by molar-refractivity contribution is -0.116. The van der Waals surface area contributed by atoms with E-state index in [2.05, 4.69) is 4.98 Å². The Hall–Kier alpha value is -2.06. The fourth-order valence-corrected chi connectivity index (χ4v) is 6.09. The molecule has 1 aliphatic heterocycles. The summed E-state index contributed by atoms with van der Waals surface area (Å²) in [5, 5.41) is 0.714. The summed E-state index contributed by atoms with van der Waals surface area (Å²) in [7, 11) is -3.59. The number of Topliss-reactive ketones (excluding diaryl/α,β-unsaturated/α-hetero) is 1. The Kier molecular flexibility index (Phi) is 4.90. The minimum atomic E-state index is -3.59. The molecule has 1 aromatic carbocycles. The highest BCUT2D eigenvalue weighted by Gasteiger charge is 2.41. The van der Waals surface area contributed by atoms with Gasteiger partial charge >= 0.3 is 0 Å². The number of benzene rings is 1. The van der Waals surface area contributed by atoms with Gasteiger partial charge in [-0.3, -0.25) is 9.59 Å². The van der Waals surface area contributed by atoms with Crippen LogP contribution in [0.4, 0.5) is 0 Å². The fourth-order valence-electron chi connectivity index (χ4n) is 4.03. The highest BCUT2D eigenvalue weighted by atomic mass is 32.2. The van der Waals surface area contributed by atoms with Crippen LogP contribution in [0, 0.1) is 12.8 Å². The molecule has 0 bridgehead atoms. The molecule has 29 heavy (non-hydrogen) atoms. The Labute approximate surface area is 174 Å². The van der Waals surface area contributed by atoms with Crippen LogP contribution in [0.5, 0.6) is 0 Å². The van der Waals surface area contributed by atoms with Crippen molar-refractivity contribution in [3.63, 3.8) is 0 Å². The smallest absolute Gasteiger partial charge is 0.256 e. The summed E-state index contributed by atoms with van der Waals surface area (Å²) in [5.74, 6) is 0.350. The van der Waals surface area contributed by atoms with Crippen molar-refractivity contribution in [2.45, 2.75) is 57.5 Å². The van der Waals surface area contributed by atoms with Crippen LogP contribution in [0.1, 0.15) is 53.3 Å². The zero-order chi connectivity index (χ0) is 21.1. The molecule has 1 fully saturated rings. The van der Waals surface area contributed by atoms with Crippen molar-refractivity contribution in [2.75, 3.05) is 6.26 Å². The molecule has 0 saturated heterocycles. The van der Waals surface area contributed by atoms with Gasteiger partial charge in [0.2, 0.25) is 0 Å². The molecular formula is C21H24N2O4S2. The molecule has 1 amide bonds. The van der Waals surface area contributed by atoms with Gasteiger partial charge in [-0.05, 0) is 62.8 Å². The Morgan fingerprint density at radius 3 is 2.62 bits per heavy atom. The first-order valence-electron chi connectivity index (χ1n) is 9.70. The molecule has 0 N–H and O–H groups in total. The molecule has 154 valence electrons. The molecule has 2 aromatic rings. The predicted octanol–water partition coefficient (Wildman–Crippen LogP) is 3.41. The fraction of sp³-hybridized carbons (Fsp3) is 0.476. The number of rotatable bonds is 6. The van der Waals surface area contributed by atoms with Crippen LogP contribution in [-0.4, -0.2) is 42.3 Å². The van der Waals surface area contributed by atoms with Crippen LogP contribution in [0.2, 0.25) is 0 Å². The van der Waals surface area contributed by atoms with Crippen LogP contribution >= 0.6 is 11.3 Å². The standard InChI is InChI=1S/C21H24N2O4S2/c1-11(24)7-18-22-12(2)20(28-18)15-8-16-10-23(13(3)14-5-6-14)21(25)19(16)17(9-15)29(4,26)27/h8-9,13-14H,5-7,10H2,1-4H3/t13-/m0/s1. The minimum absolute atomic E-state index is 0.0337. The van der Waals surface area contributed by atoms with E-state index in [-0.39, 0.29) is 29.0 Å². The molecule has 0 spiro atoms. The summed E-state index contributed by atoms with van der Waals surface area (Å²) in [6.45, 7) is 5.86. The monoisotopic (exact) mass is 432 g/mol. The average Bonchev–Trinajstić information content (AvgIpc) is 3.33. The van der Waals surface area contributed by atoms with Gasteiger partial charge < -0.3 is 4.90 Å². The molecule has 8 heteroatoms. The second kappa shape index (κ2) is 7.02. The van der Waals surface area contributed by atoms with E-state index in [1.54, 1.807) is 6.07 Å². The van der Waals surface area contributed by atoms with Crippen molar-refractivity contribution in [1.82, 2.24) is 9.88 Å². The number of hydrogen-bond donors (Lipinski definition) is 0. The summed E-state index contributed by atoms with van der Waals surface area (Å²) in [4.78, 5) is 31.7. The van der Waals surface area contributed by atoms with E-state index >= 15 is 0 Å². The summed E-state index contributed by atoms with van der Waals surface area (Å²) in [5.41, 5.74) is 2.57. The van der Waals surface area contributed by atoms with E-state index in [0.717, 1.165) is 40.8 Å². The first-order chi connectivity index (χ1) is 13.6. The maximum atomic E-state index is 13.1. The van der Waals surface area contributed by atoms with E-state index in [0.29, 0.717) is 23.0 Å². The lowest BCUT2D eigenvalue weighted by atomic mass is 10.0. The topological polar surface area (TPSA) is 84.4 Å². The number of ketones is 1. The first kappa shape index (κ1) is 20.2. The molecular weight excluding hydrogens is 408 g/mol. The zero-order valence-electron chi connectivity index (χ0n) is 17.0. The lowest BCUT2D eigenvalue weighted by Gasteiger charge is -2.24. The van der Waals surface area contributed by atoms with Gasteiger partial charge in [0.05, 0.1) is 27.5 Å². The number of aromatic nitrogens is 1. The van der Waals surface area contributed by atoms with Gasteiger partial charge in [0, 0.05) is 18.8 Å². The number of thiazole rings is 1. The van der Waals surface area contributed by atoms with Crippen molar-refractivity contribution >= 4 is 32.9 Å². The number of sulfone groups is 1. The van der Waals surface area contributed by atoms with E-state index < -0.39 is 9.84 Å². The molecule has 1 saturated carbocycles. The average molecular weight is 433 g/mol. The van der Waals surface area contributed by atoms with Crippen LogP contribution in [-0.2, 0) is 27.6 Å². The molecule has 0 unspecified atom stereocenters. The predicted molar refractivity (Wildman–Crippen MR) is 112 cm³/mol. The van der Waals surface area contributed by atoms with Crippen LogP contribution in [0.15, 0.2) is 17.0 Å². The number of carbonyl (C=O) groups is 2. The van der Waals surface area contributed by atoms with Crippen LogP contribution in [0.25, 0.3) is 10.4 Å². The summed E-state index contributed by atoms with van der Waals surface area (Å²) < 4.78 is 25.1. The number of amides is 1. The summed E-state index contributed by atoms with van der Waals surface area (Å²) in [6, 6.07) is 3.62. The van der Waals surface area contributed by atoms with Gasteiger partial charge in [0.15, 0.2) is 9.84 Å². The largest absolute Gasteiger partial charge is 0.331 e. The Morgan fingerprint density at radius 2 is 2.03 bits per heavy atom. The van der Waals surface area contributed by atoms with Crippen molar-refractivity contribution in [2.24, 2.45) is 5.92 Å². The quantitative estimate of drug-likeness (QED) is 0.698. The van der Waals surface area contributed by atoms with E-state index in [1.165, 1.54) is 18.3 Å². The maximum Gasteiger partial charge on any atom is 0.256 e. The number of carbonyl (C=O) groups excluding carboxylic acids is 2. The molecule has 1 aromatic heterocycles. The number of hydrogen-bond acceptors (Lipinski definition) is 6. The molecule has 2 aliphatic rings. The number of nitrogens with zero attached hydrogens (tertiary/aromatic N) is 2. The maximum absolute atomic E-state index is 13.1. The van der Waals surface area contributed by atoms with Crippen LogP contribution in [0.3, 0.4) is 0 Å². The zero-order valence-corrected chi connectivity index (χ0v) is 18.6. The second-order valence-electron chi connectivity index (χ2n) is 8.19. The van der Waals surface area contributed by atoms with E-state index in [1.807, 2.05) is 24.8 Å². The normalized spacial score (nSPS) is 17.5. The van der Waals surface area contributed by atoms with Gasteiger partial charge in [0.1, 0.15) is 10.8 Å². The SMILES string of the molecule is CC(=O)Cc1nc(C)c(-c2cc3c(c(S(C)(=O)=O)c2)C(=O)N([C@@H](C)C2CC2)C3)s1. The lowest BCUT2D eigenvalue weighted by Crippen LogP contribution is -2.35. The third kappa shape index (κ3) is 3.75. The Morgan fingerprint density at radius 1 is 1.34 bits per heavy atom. The summed E-state index contributed by atoms with van der Waals surface area (Å²) >= 11 is 1.40. The Bertz CT molecular complexity index is 1130. The van der Waals surface area contributed by atoms with Gasteiger partial charge in [0.25, 0.3) is 5.91 Å². The van der Waals surface area contributed by atoms with Gasteiger partial charge in [-0.25, -0.2) is 13.4 Å². The molecule has 0 radical (unpaired) electrons. The first-order valence-corrected chi connectivity index (χ1v) is 12.4. The number of aryl methyl sites for hydroxylation is 1. The van der Waals surface area contributed by atoms with E-state index in [9.17, 15) is 18.0 Å². The van der Waals surface area contributed by atoms with Crippen molar-refractivity contribution in [3.05, 3.63) is 34.0 Å². The number of fused-ring (bicyclic) bond motifs is 1. The van der Waals surface area contributed by atoms with Gasteiger partial charge in [-0.1, -0.05) is 0 Å². The third-order valence-electron chi connectivity index (χ3n) is 5.70. The van der Waals surface area contributed by atoms with Crippen LogP contribution < -0.4 is 0 Å². The van der Waals surface area contributed by atoms with Crippen molar-refractivity contribution in [3.8, 4) is 10.4 Å². The van der Waals surface area contributed by atoms with Crippen molar-refractivity contribution < 1.29 is 18.0 Å². The van der Waals surface area contributed by atoms with Gasteiger partial charge in [-0.2, -0.15) is 0 Å². The van der Waals surface area contributed by atoms with E-state index in [4.69, 9.17) is 0 Å². The molecule has 2 heterocycles. The Balaban J connectivity index is 1.82. The van der Waals surface area contributed by atoms with Gasteiger partial charge in [-0.15, -0.1) is 11.3 Å². The van der Waals surface area contributed by atoms with Crippen molar-refractivity contribution in [1.29, 1.82) is 0 Å².